The second-order valence-corrected chi connectivity index (χ2v) is 6.21. The van der Waals surface area contributed by atoms with Crippen LogP contribution in [-0.2, 0) is 4.74 Å². The van der Waals surface area contributed by atoms with E-state index < -0.39 is 0 Å². The molecule has 0 spiro atoms. The summed E-state index contributed by atoms with van der Waals surface area (Å²) < 4.78 is 10.6. The number of hydrogen-bond acceptors (Lipinski definition) is 6. The Hall–Kier alpha value is -3.19. The molecule has 1 fully saturated rings. The summed E-state index contributed by atoms with van der Waals surface area (Å²) in [6, 6.07) is 12.8. The summed E-state index contributed by atoms with van der Waals surface area (Å²) in [5.74, 6) is 0.957. The zero-order valence-corrected chi connectivity index (χ0v) is 15.0. The summed E-state index contributed by atoms with van der Waals surface area (Å²) >= 11 is 0. The van der Waals surface area contributed by atoms with Crippen LogP contribution in [0, 0.1) is 0 Å². The lowest BCUT2D eigenvalue weighted by atomic mass is 10.2. The molecule has 1 amide bonds. The van der Waals surface area contributed by atoms with Gasteiger partial charge in [-0.05, 0) is 36.4 Å². The number of amides is 1. The summed E-state index contributed by atoms with van der Waals surface area (Å²) in [5, 5.41) is 3.71. The van der Waals surface area contributed by atoms with Crippen LogP contribution in [0.25, 0.3) is 10.9 Å². The normalized spacial score (nSPS) is 14.2. The van der Waals surface area contributed by atoms with Crippen LogP contribution in [0.3, 0.4) is 0 Å². The van der Waals surface area contributed by atoms with Crippen LogP contribution in [0.15, 0.2) is 48.7 Å². The minimum Gasteiger partial charge on any atom is -0.497 e. The number of ether oxygens (including phenoxy) is 2. The summed E-state index contributed by atoms with van der Waals surface area (Å²) in [6.45, 7) is 3.13. The van der Waals surface area contributed by atoms with E-state index in [-0.39, 0.29) is 5.91 Å². The molecule has 0 unspecified atom stereocenters. The van der Waals surface area contributed by atoms with E-state index in [4.69, 9.17) is 9.47 Å². The number of nitrogens with one attached hydrogen (secondary N) is 1. The topological polar surface area (TPSA) is 76.6 Å². The third kappa shape index (κ3) is 3.83. The van der Waals surface area contributed by atoms with Crippen LogP contribution >= 0.6 is 0 Å². The predicted octanol–water partition coefficient (Wildman–Crippen LogP) is 2.73. The molecule has 1 aliphatic rings. The molecule has 3 aromatic rings. The monoisotopic (exact) mass is 364 g/mol. The molecule has 138 valence electrons. The standard InChI is InChI=1S/C20H20N4O3/c1-26-16-4-6-17-14(12-16)2-5-18(22-17)20(25)23-19-7-3-15(13-21-19)24-8-10-27-11-9-24/h2-7,12-13H,8-11H2,1H3,(H,21,23,25). The SMILES string of the molecule is COc1ccc2nc(C(=O)Nc3ccc(N4CCOCC4)cn3)ccc2c1. The van der Waals surface area contributed by atoms with Crippen LogP contribution in [0.5, 0.6) is 5.75 Å². The van der Waals surface area contributed by atoms with Crippen molar-refractivity contribution in [3.63, 3.8) is 0 Å². The molecule has 0 bridgehead atoms. The fourth-order valence-electron chi connectivity index (χ4n) is 3.01. The number of morpholine rings is 1. The number of fused-ring (bicyclic) bond motifs is 1. The van der Waals surface area contributed by atoms with E-state index in [1.54, 1.807) is 25.4 Å². The quantitative estimate of drug-likeness (QED) is 0.767. The molecular weight excluding hydrogens is 344 g/mol. The first-order valence-electron chi connectivity index (χ1n) is 8.78. The van der Waals surface area contributed by atoms with Gasteiger partial charge in [-0.25, -0.2) is 9.97 Å². The average molecular weight is 364 g/mol. The van der Waals surface area contributed by atoms with Gasteiger partial charge in [0, 0.05) is 18.5 Å². The zero-order valence-electron chi connectivity index (χ0n) is 15.0. The van der Waals surface area contributed by atoms with E-state index in [1.807, 2.05) is 30.3 Å². The number of hydrogen-bond donors (Lipinski definition) is 1. The first kappa shape index (κ1) is 17.2. The molecule has 0 atom stereocenters. The predicted molar refractivity (Wildman–Crippen MR) is 104 cm³/mol. The van der Waals surface area contributed by atoms with Crippen molar-refractivity contribution in [2.24, 2.45) is 0 Å². The van der Waals surface area contributed by atoms with E-state index in [9.17, 15) is 4.79 Å². The number of anilines is 2. The second-order valence-electron chi connectivity index (χ2n) is 6.21. The Balaban J connectivity index is 1.47. The van der Waals surface area contributed by atoms with E-state index >= 15 is 0 Å². The maximum Gasteiger partial charge on any atom is 0.275 e. The molecule has 0 radical (unpaired) electrons. The lowest BCUT2D eigenvalue weighted by Crippen LogP contribution is -2.36. The highest BCUT2D eigenvalue weighted by atomic mass is 16.5. The van der Waals surface area contributed by atoms with Crippen molar-refractivity contribution in [1.82, 2.24) is 9.97 Å². The average Bonchev–Trinajstić information content (AvgIpc) is 2.74. The minimum atomic E-state index is -0.292. The highest BCUT2D eigenvalue weighted by molar-refractivity contribution is 6.03. The third-order valence-electron chi connectivity index (χ3n) is 4.49. The van der Waals surface area contributed by atoms with Gasteiger partial charge in [0.2, 0.25) is 0 Å². The molecule has 3 heterocycles. The number of methoxy groups -OCH3 is 1. The van der Waals surface area contributed by atoms with E-state index in [1.165, 1.54) is 0 Å². The molecule has 7 nitrogen and oxygen atoms in total. The molecule has 27 heavy (non-hydrogen) atoms. The van der Waals surface area contributed by atoms with Gasteiger partial charge in [-0.15, -0.1) is 0 Å². The van der Waals surface area contributed by atoms with Gasteiger partial charge in [0.15, 0.2) is 0 Å². The number of benzene rings is 1. The van der Waals surface area contributed by atoms with Gasteiger partial charge in [-0.2, -0.15) is 0 Å². The van der Waals surface area contributed by atoms with Crippen molar-refractivity contribution in [2.45, 2.75) is 0 Å². The van der Waals surface area contributed by atoms with Gasteiger partial charge >= 0.3 is 0 Å². The van der Waals surface area contributed by atoms with Gasteiger partial charge in [0.05, 0.1) is 37.7 Å². The Morgan fingerprint density at radius 1 is 1.15 bits per heavy atom. The summed E-state index contributed by atoms with van der Waals surface area (Å²) in [6.07, 6.45) is 1.76. The third-order valence-corrected chi connectivity index (χ3v) is 4.49. The van der Waals surface area contributed by atoms with Crippen LogP contribution in [-0.4, -0.2) is 49.3 Å². The minimum absolute atomic E-state index is 0.292. The first-order valence-corrected chi connectivity index (χ1v) is 8.78. The molecule has 1 aromatic carbocycles. The molecule has 1 saturated heterocycles. The molecule has 2 aromatic heterocycles. The van der Waals surface area contributed by atoms with E-state index in [0.717, 1.165) is 48.6 Å². The zero-order chi connectivity index (χ0) is 18.6. The van der Waals surface area contributed by atoms with Gasteiger partial charge in [-0.1, -0.05) is 6.07 Å². The molecule has 0 aliphatic carbocycles. The van der Waals surface area contributed by atoms with Crippen molar-refractivity contribution >= 4 is 28.3 Å². The van der Waals surface area contributed by atoms with E-state index in [0.29, 0.717) is 11.5 Å². The number of rotatable bonds is 4. The largest absolute Gasteiger partial charge is 0.497 e. The van der Waals surface area contributed by atoms with Gasteiger partial charge in [0.25, 0.3) is 5.91 Å². The fourth-order valence-corrected chi connectivity index (χ4v) is 3.01. The Morgan fingerprint density at radius 3 is 2.74 bits per heavy atom. The van der Waals surface area contributed by atoms with Gasteiger partial charge in [0.1, 0.15) is 17.3 Å². The molecule has 1 aliphatic heterocycles. The molecule has 0 saturated carbocycles. The molecular formula is C20H20N4O3. The number of aromatic nitrogens is 2. The Kier molecular flexibility index (Phi) is 4.84. The smallest absolute Gasteiger partial charge is 0.275 e. The second kappa shape index (κ2) is 7.59. The highest BCUT2D eigenvalue weighted by Gasteiger charge is 2.13. The van der Waals surface area contributed by atoms with Crippen LogP contribution in [0.1, 0.15) is 10.5 Å². The fraction of sp³-hybridized carbons (Fsp3) is 0.250. The summed E-state index contributed by atoms with van der Waals surface area (Å²) in [5.41, 5.74) is 2.10. The van der Waals surface area contributed by atoms with Crippen molar-refractivity contribution in [1.29, 1.82) is 0 Å². The number of carbonyl (C=O) groups is 1. The maximum absolute atomic E-state index is 12.5. The van der Waals surface area contributed by atoms with Crippen molar-refractivity contribution in [2.75, 3.05) is 43.6 Å². The Labute approximate surface area is 156 Å². The van der Waals surface area contributed by atoms with E-state index in [2.05, 4.69) is 20.2 Å². The lowest BCUT2D eigenvalue weighted by Gasteiger charge is -2.28. The summed E-state index contributed by atoms with van der Waals surface area (Å²) in [4.78, 5) is 23.5. The number of pyridine rings is 2. The van der Waals surface area contributed by atoms with Gasteiger partial charge in [-0.3, -0.25) is 4.79 Å². The van der Waals surface area contributed by atoms with Crippen molar-refractivity contribution in [3.05, 3.63) is 54.4 Å². The highest BCUT2D eigenvalue weighted by Crippen LogP contribution is 2.20. The van der Waals surface area contributed by atoms with Crippen molar-refractivity contribution < 1.29 is 14.3 Å². The molecule has 4 rings (SSSR count). The Bertz CT molecular complexity index is 953. The molecule has 1 N–H and O–H groups in total. The number of nitrogens with zero attached hydrogens (tertiary/aromatic N) is 3. The lowest BCUT2D eigenvalue weighted by molar-refractivity contribution is 0.102. The molecule has 7 heteroatoms. The number of carbonyl (C=O) groups excluding carboxylic acids is 1. The van der Waals surface area contributed by atoms with Crippen LogP contribution in [0.4, 0.5) is 11.5 Å². The first-order chi connectivity index (χ1) is 13.2. The summed E-state index contributed by atoms with van der Waals surface area (Å²) in [7, 11) is 1.62. The van der Waals surface area contributed by atoms with Crippen molar-refractivity contribution in [3.8, 4) is 5.75 Å². The van der Waals surface area contributed by atoms with Crippen LogP contribution in [0.2, 0.25) is 0 Å². The maximum atomic E-state index is 12.5. The van der Waals surface area contributed by atoms with Gasteiger partial charge < -0.3 is 19.7 Å². The van der Waals surface area contributed by atoms with Crippen LogP contribution < -0.4 is 15.0 Å². The Morgan fingerprint density at radius 2 is 2.00 bits per heavy atom.